The van der Waals surface area contributed by atoms with Crippen LogP contribution in [-0.4, -0.2) is 109 Å². The number of benzene rings is 2. The van der Waals surface area contributed by atoms with Crippen molar-refractivity contribution in [2.75, 3.05) is 91.1 Å². The first-order chi connectivity index (χ1) is 22.0. The highest BCUT2D eigenvalue weighted by Gasteiger charge is 2.09. The molecule has 0 radical (unpaired) electrons. The van der Waals surface area contributed by atoms with E-state index in [1.54, 1.807) is 36.4 Å². The zero-order valence-electron chi connectivity index (χ0n) is 25.6. The molecule has 2 rings (SSSR count). The summed E-state index contributed by atoms with van der Waals surface area (Å²) in [4.78, 5) is 34.9. The van der Waals surface area contributed by atoms with Gasteiger partial charge in [-0.2, -0.15) is 0 Å². The number of carboxylic acids is 1. The number of aliphatic carboxylic acids is 1. The molecular weight excluding hydrogens is 584 g/mol. The van der Waals surface area contributed by atoms with E-state index in [2.05, 4.69) is 16.6 Å². The van der Waals surface area contributed by atoms with E-state index in [0.717, 1.165) is 5.69 Å². The lowest BCUT2D eigenvalue weighted by Crippen LogP contribution is -2.26. The topological polar surface area (TPSA) is 151 Å². The molecular formula is C33H44N2O10. The Balaban J connectivity index is 1.50. The predicted molar refractivity (Wildman–Crippen MR) is 168 cm³/mol. The first-order valence-electron chi connectivity index (χ1n) is 14.9. The Bertz CT molecular complexity index is 1150. The molecule has 0 unspecified atom stereocenters. The molecule has 2 aromatic carbocycles. The van der Waals surface area contributed by atoms with Gasteiger partial charge in [0.1, 0.15) is 12.4 Å². The van der Waals surface area contributed by atoms with Crippen molar-refractivity contribution in [3.05, 3.63) is 59.7 Å². The second-order valence-corrected chi connectivity index (χ2v) is 9.51. The van der Waals surface area contributed by atoms with E-state index in [1.165, 1.54) is 0 Å². The monoisotopic (exact) mass is 628 g/mol. The highest BCUT2D eigenvalue weighted by Crippen LogP contribution is 2.17. The Morgan fingerprint density at radius 2 is 1.22 bits per heavy atom. The minimum absolute atomic E-state index is 0.0136. The maximum absolute atomic E-state index is 12.9. The molecule has 0 atom stereocenters. The summed E-state index contributed by atoms with van der Waals surface area (Å²) in [6.45, 7) is 5.23. The lowest BCUT2D eigenvalue weighted by Gasteiger charge is -2.10. The van der Waals surface area contributed by atoms with E-state index in [1.807, 2.05) is 12.1 Å². The molecule has 0 aliphatic heterocycles. The van der Waals surface area contributed by atoms with E-state index in [9.17, 15) is 14.4 Å². The predicted octanol–water partition coefficient (Wildman–Crippen LogP) is 2.80. The molecule has 2 aromatic rings. The second-order valence-electron chi connectivity index (χ2n) is 9.51. The van der Waals surface area contributed by atoms with Gasteiger partial charge in [-0.25, -0.2) is 0 Å². The standard InChI is InChI=1S/C33H44N2O10/c1-2-16-40-18-12-31(36)35-14-3-17-45-30-10-6-28(7-11-30)33(39)27-4-8-29(9-5-27)34-15-20-42-22-24-44-26-25-43-23-21-41-19-13-32(37)38/h1,4-11,34H,3,12-26H2,(H,35,36)(H,37,38). The fourth-order valence-corrected chi connectivity index (χ4v) is 3.67. The Kier molecular flexibility index (Phi) is 20.1. The summed E-state index contributed by atoms with van der Waals surface area (Å²) in [5, 5.41) is 14.6. The number of hydrogen-bond donors (Lipinski definition) is 3. The molecule has 0 saturated carbocycles. The number of carbonyl (C=O) groups excluding carboxylic acids is 2. The van der Waals surface area contributed by atoms with Gasteiger partial charge in [0.25, 0.3) is 0 Å². The van der Waals surface area contributed by atoms with Gasteiger partial charge in [-0.3, -0.25) is 14.4 Å². The third kappa shape index (κ3) is 18.4. The molecule has 0 aliphatic rings. The van der Waals surface area contributed by atoms with Crippen LogP contribution >= 0.6 is 0 Å². The third-order valence-corrected chi connectivity index (χ3v) is 5.99. The summed E-state index contributed by atoms with van der Waals surface area (Å²) in [5.74, 6) is 1.94. The van der Waals surface area contributed by atoms with Crippen LogP contribution in [0.3, 0.4) is 0 Å². The van der Waals surface area contributed by atoms with E-state index >= 15 is 0 Å². The number of anilines is 1. The average molecular weight is 629 g/mol. The Morgan fingerprint density at radius 3 is 1.82 bits per heavy atom. The molecule has 0 heterocycles. The fraction of sp³-hybridized carbons (Fsp3) is 0.485. The van der Waals surface area contributed by atoms with Crippen molar-refractivity contribution < 1.29 is 47.9 Å². The number of rotatable bonds is 27. The van der Waals surface area contributed by atoms with Crippen LogP contribution in [0.2, 0.25) is 0 Å². The van der Waals surface area contributed by atoms with Gasteiger partial charge in [0.15, 0.2) is 5.78 Å². The summed E-state index contributed by atoms with van der Waals surface area (Å²) in [5.41, 5.74) is 2.02. The van der Waals surface area contributed by atoms with Crippen LogP contribution in [0.25, 0.3) is 0 Å². The zero-order chi connectivity index (χ0) is 32.4. The number of hydrogen-bond acceptors (Lipinski definition) is 10. The van der Waals surface area contributed by atoms with Gasteiger partial charge < -0.3 is 44.2 Å². The van der Waals surface area contributed by atoms with Crippen molar-refractivity contribution in [2.45, 2.75) is 19.3 Å². The van der Waals surface area contributed by atoms with E-state index < -0.39 is 5.97 Å². The highest BCUT2D eigenvalue weighted by molar-refractivity contribution is 6.09. The maximum atomic E-state index is 12.9. The molecule has 0 saturated heterocycles. The summed E-state index contributed by atoms with van der Waals surface area (Å²) in [6.07, 6.45) is 5.98. The van der Waals surface area contributed by atoms with Crippen LogP contribution in [0.5, 0.6) is 5.75 Å². The molecule has 12 nitrogen and oxygen atoms in total. The Labute approximate surface area is 264 Å². The molecule has 12 heteroatoms. The van der Waals surface area contributed by atoms with E-state index in [0.29, 0.717) is 95.8 Å². The van der Waals surface area contributed by atoms with Gasteiger partial charge in [-0.05, 0) is 55.0 Å². The molecule has 3 N–H and O–H groups in total. The molecule has 0 spiro atoms. The first kappa shape index (κ1) is 37.2. The number of nitrogens with one attached hydrogen (secondary N) is 2. The minimum atomic E-state index is -0.883. The van der Waals surface area contributed by atoms with Crippen LogP contribution in [0.1, 0.15) is 35.2 Å². The lowest BCUT2D eigenvalue weighted by molar-refractivity contribution is -0.138. The quantitative estimate of drug-likeness (QED) is 0.0761. The largest absolute Gasteiger partial charge is 0.494 e. The van der Waals surface area contributed by atoms with Crippen molar-refractivity contribution in [1.82, 2.24) is 5.32 Å². The van der Waals surface area contributed by atoms with Gasteiger partial charge in [-0.15, -0.1) is 6.42 Å². The summed E-state index contributed by atoms with van der Waals surface area (Å²) in [6, 6.07) is 14.3. The first-order valence-corrected chi connectivity index (χ1v) is 14.9. The molecule has 1 amide bonds. The van der Waals surface area contributed by atoms with Crippen LogP contribution in [0.4, 0.5) is 5.69 Å². The normalized spacial score (nSPS) is 10.6. The summed E-state index contributed by atoms with van der Waals surface area (Å²) in [7, 11) is 0. The fourth-order valence-electron chi connectivity index (χ4n) is 3.67. The number of ether oxygens (including phenoxy) is 6. The zero-order valence-corrected chi connectivity index (χ0v) is 25.6. The number of amides is 1. The smallest absolute Gasteiger partial charge is 0.305 e. The van der Waals surface area contributed by atoms with Gasteiger partial charge >= 0.3 is 5.97 Å². The van der Waals surface area contributed by atoms with Gasteiger partial charge in [0.05, 0.1) is 78.9 Å². The SMILES string of the molecule is C#CCOCCC(=O)NCCCOc1ccc(C(=O)c2ccc(NCCOCCOCCOCCOCCC(=O)O)cc2)cc1. The van der Waals surface area contributed by atoms with Gasteiger partial charge in [0, 0.05) is 29.9 Å². The van der Waals surface area contributed by atoms with Crippen LogP contribution in [0.15, 0.2) is 48.5 Å². The van der Waals surface area contributed by atoms with E-state index in [4.69, 9.17) is 40.0 Å². The number of carboxylic acid groups (broad SMARTS) is 1. The Hall–Kier alpha value is -3.99. The molecule has 246 valence electrons. The number of carbonyl (C=O) groups is 3. The lowest BCUT2D eigenvalue weighted by atomic mass is 10.0. The average Bonchev–Trinajstić information content (AvgIpc) is 3.05. The van der Waals surface area contributed by atoms with Crippen LogP contribution in [0, 0.1) is 12.3 Å². The van der Waals surface area contributed by atoms with Crippen LogP contribution in [-0.2, 0) is 33.3 Å². The highest BCUT2D eigenvalue weighted by atomic mass is 16.6. The van der Waals surface area contributed by atoms with Crippen molar-refractivity contribution >= 4 is 23.3 Å². The Morgan fingerprint density at radius 1 is 0.667 bits per heavy atom. The van der Waals surface area contributed by atoms with Crippen molar-refractivity contribution in [2.24, 2.45) is 0 Å². The van der Waals surface area contributed by atoms with Gasteiger partial charge in [0.2, 0.25) is 5.91 Å². The number of ketones is 1. The molecule has 0 aromatic heterocycles. The van der Waals surface area contributed by atoms with Crippen molar-refractivity contribution in [3.63, 3.8) is 0 Å². The molecule has 0 aliphatic carbocycles. The van der Waals surface area contributed by atoms with E-state index in [-0.39, 0.29) is 37.7 Å². The van der Waals surface area contributed by atoms with Crippen molar-refractivity contribution in [1.29, 1.82) is 0 Å². The minimum Gasteiger partial charge on any atom is -0.494 e. The van der Waals surface area contributed by atoms with Crippen LogP contribution < -0.4 is 15.4 Å². The molecule has 0 bridgehead atoms. The third-order valence-electron chi connectivity index (χ3n) is 5.99. The van der Waals surface area contributed by atoms with Gasteiger partial charge in [-0.1, -0.05) is 5.92 Å². The molecule has 0 fully saturated rings. The number of terminal acetylenes is 1. The summed E-state index contributed by atoms with van der Waals surface area (Å²) >= 11 is 0. The van der Waals surface area contributed by atoms with Crippen molar-refractivity contribution in [3.8, 4) is 18.1 Å². The second kappa shape index (κ2) is 24.3. The maximum Gasteiger partial charge on any atom is 0.305 e. The molecule has 45 heavy (non-hydrogen) atoms. The summed E-state index contributed by atoms with van der Waals surface area (Å²) < 4.78 is 32.2.